The minimum Gasteiger partial charge on any atom is -0.398 e. The topological polar surface area (TPSA) is 26.0 Å². The first kappa shape index (κ1) is 10.1. The number of fused-ring (bicyclic) bond motifs is 1. The van der Waals surface area contributed by atoms with Gasteiger partial charge in [-0.1, -0.05) is 0 Å². The van der Waals surface area contributed by atoms with Crippen LogP contribution in [-0.2, 0) is 0 Å². The molecule has 0 saturated heterocycles. The zero-order chi connectivity index (χ0) is 10.3. The standard InChI is InChI=1S/C9H6F2INS/c10-9(11)8-2-4-1-5(12)6(13)3-7(4)14-8/h1-3,9H,13H2. The fourth-order valence-corrected chi connectivity index (χ4v) is 2.64. The monoisotopic (exact) mass is 325 g/mol. The summed E-state index contributed by atoms with van der Waals surface area (Å²) in [4.78, 5) is 0.0985. The summed E-state index contributed by atoms with van der Waals surface area (Å²) in [6.45, 7) is 0. The molecule has 0 aliphatic rings. The maximum Gasteiger partial charge on any atom is 0.272 e. The van der Waals surface area contributed by atoms with E-state index < -0.39 is 6.43 Å². The molecule has 2 N–H and O–H groups in total. The van der Waals surface area contributed by atoms with E-state index in [1.807, 2.05) is 6.07 Å². The number of benzene rings is 1. The quantitative estimate of drug-likeness (QED) is 0.622. The van der Waals surface area contributed by atoms with Crippen molar-refractivity contribution in [2.45, 2.75) is 6.43 Å². The number of rotatable bonds is 1. The lowest BCUT2D eigenvalue weighted by Crippen LogP contribution is -1.86. The Hall–Kier alpha value is -0.430. The average molecular weight is 325 g/mol. The second-order valence-corrected chi connectivity index (χ2v) is 5.14. The molecule has 0 aliphatic carbocycles. The number of hydrogen-bond donors (Lipinski definition) is 1. The molecule has 0 atom stereocenters. The third-order valence-electron chi connectivity index (χ3n) is 1.87. The van der Waals surface area contributed by atoms with Crippen LogP contribution in [0.25, 0.3) is 10.1 Å². The second-order valence-electron chi connectivity index (χ2n) is 2.86. The fourth-order valence-electron chi connectivity index (χ4n) is 1.20. The van der Waals surface area contributed by atoms with Crippen molar-refractivity contribution >= 4 is 49.7 Å². The Balaban J connectivity index is 2.66. The Kier molecular flexibility index (Phi) is 2.61. The van der Waals surface area contributed by atoms with Crippen molar-refractivity contribution in [3.05, 3.63) is 26.6 Å². The van der Waals surface area contributed by atoms with Crippen molar-refractivity contribution in [2.75, 3.05) is 5.73 Å². The first-order valence-electron chi connectivity index (χ1n) is 3.84. The van der Waals surface area contributed by atoms with Crippen molar-refractivity contribution in [3.8, 4) is 0 Å². The summed E-state index contributed by atoms with van der Waals surface area (Å²) in [5.74, 6) is 0. The lowest BCUT2D eigenvalue weighted by molar-refractivity contribution is 0.156. The molecule has 1 nitrogen and oxygen atoms in total. The van der Waals surface area contributed by atoms with Crippen molar-refractivity contribution in [1.82, 2.24) is 0 Å². The molecule has 5 heteroatoms. The molecule has 0 unspecified atom stereocenters. The number of thiophene rings is 1. The van der Waals surface area contributed by atoms with E-state index in [0.29, 0.717) is 5.69 Å². The van der Waals surface area contributed by atoms with Crippen molar-refractivity contribution < 1.29 is 8.78 Å². The van der Waals surface area contributed by atoms with Gasteiger partial charge < -0.3 is 5.73 Å². The Morgan fingerprint density at radius 2 is 2.00 bits per heavy atom. The highest BCUT2D eigenvalue weighted by molar-refractivity contribution is 14.1. The predicted molar refractivity (Wildman–Crippen MR) is 63.9 cm³/mol. The summed E-state index contributed by atoms with van der Waals surface area (Å²) in [6, 6.07) is 5.09. The number of nitrogen functional groups attached to an aromatic ring is 1. The van der Waals surface area contributed by atoms with Crippen molar-refractivity contribution in [3.63, 3.8) is 0 Å². The van der Waals surface area contributed by atoms with Gasteiger partial charge in [-0.15, -0.1) is 11.3 Å². The van der Waals surface area contributed by atoms with Gasteiger partial charge in [0, 0.05) is 14.0 Å². The molecule has 1 aromatic carbocycles. The molecular formula is C9H6F2INS. The molecule has 2 rings (SSSR count). The predicted octanol–water partition coefficient (Wildman–Crippen LogP) is 4.03. The Bertz CT molecular complexity index is 442. The van der Waals surface area contributed by atoms with E-state index in [0.717, 1.165) is 25.0 Å². The van der Waals surface area contributed by atoms with E-state index in [4.69, 9.17) is 5.73 Å². The van der Waals surface area contributed by atoms with Crippen LogP contribution >= 0.6 is 33.9 Å². The van der Waals surface area contributed by atoms with Gasteiger partial charge in [-0.3, -0.25) is 0 Å². The van der Waals surface area contributed by atoms with Gasteiger partial charge in [0.15, 0.2) is 0 Å². The summed E-state index contributed by atoms with van der Waals surface area (Å²) in [7, 11) is 0. The van der Waals surface area contributed by atoms with Crippen molar-refractivity contribution in [1.29, 1.82) is 0 Å². The number of alkyl halides is 2. The summed E-state index contributed by atoms with van der Waals surface area (Å²) >= 11 is 3.19. The van der Waals surface area contributed by atoms with Gasteiger partial charge in [0.1, 0.15) is 0 Å². The molecule has 74 valence electrons. The minimum atomic E-state index is -2.40. The Morgan fingerprint density at radius 3 is 2.64 bits per heavy atom. The van der Waals surface area contributed by atoms with Crippen LogP contribution in [0.1, 0.15) is 11.3 Å². The number of anilines is 1. The lowest BCUT2D eigenvalue weighted by Gasteiger charge is -1.96. The van der Waals surface area contributed by atoms with E-state index >= 15 is 0 Å². The van der Waals surface area contributed by atoms with Gasteiger partial charge in [0.2, 0.25) is 0 Å². The van der Waals surface area contributed by atoms with E-state index in [1.54, 1.807) is 6.07 Å². The van der Waals surface area contributed by atoms with Gasteiger partial charge in [-0.2, -0.15) is 0 Å². The van der Waals surface area contributed by atoms with Crippen LogP contribution in [0.3, 0.4) is 0 Å². The Labute approximate surface area is 97.1 Å². The smallest absolute Gasteiger partial charge is 0.272 e. The molecule has 1 aromatic heterocycles. The molecule has 0 spiro atoms. The highest BCUT2D eigenvalue weighted by Crippen LogP contribution is 2.34. The van der Waals surface area contributed by atoms with Gasteiger partial charge in [-0.05, 0) is 46.2 Å². The SMILES string of the molecule is Nc1cc2sc(C(F)F)cc2cc1I. The summed E-state index contributed by atoms with van der Waals surface area (Å²) in [5.41, 5.74) is 6.32. The van der Waals surface area contributed by atoms with Crippen LogP contribution in [-0.4, -0.2) is 0 Å². The molecule has 1 heterocycles. The van der Waals surface area contributed by atoms with Crippen LogP contribution in [0.2, 0.25) is 0 Å². The third-order valence-corrected chi connectivity index (χ3v) is 3.91. The first-order chi connectivity index (χ1) is 6.58. The largest absolute Gasteiger partial charge is 0.398 e. The average Bonchev–Trinajstić information content (AvgIpc) is 2.48. The molecule has 0 bridgehead atoms. The Morgan fingerprint density at radius 1 is 1.29 bits per heavy atom. The van der Waals surface area contributed by atoms with Gasteiger partial charge in [0.25, 0.3) is 6.43 Å². The van der Waals surface area contributed by atoms with Crippen LogP contribution < -0.4 is 5.73 Å². The van der Waals surface area contributed by atoms with Crippen LogP contribution in [0.15, 0.2) is 18.2 Å². The zero-order valence-electron chi connectivity index (χ0n) is 6.93. The summed E-state index contributed by atoms with van der Waals surface area (Å²) in [6.07, 6.45) is -2.40. The second kappa shape index (κ2) is 3.62. The van der Waals surface area contributed by atoms with Gasteiger partial charge in [0.05, 0.1) is 4.88 Å². The van der Waals surface area contributed by atoms with E-state index in [2.05, 4.69) is 22.6 Å². The highest BCUT2D eigenvalue weighted by atomic mass is 127. The summed E-state index contributed by atoms with van der Waals surface area (Å²) < 4.78 is 26.5. The lowest BCUT2D eigenvalue weighted by atomic mass is 10.2. The molecular weight excluding hydrogens is 319 g/mol. The molecule has 14 heavy (non-hydrogen) atoms. The maximum absolute atomic E-state index is 12.4. The van der Waals surface area contributed by atoms with Gasteiger partial charge in [-0.25, -0.2) is 8.78 Å². The number of nitrogens with two attached hydrogens (primary N) is 1. The summed E-state index contributed by atoms with van der Waals surface area (Å²) in [5, 5.41) is 0.837. The number of hydrogen-bond acceptors (Lipinski definition) is 2. The van der Waals surface area contributed by atoms with E-state index in [9.17, 15) is 8.78 Å². The molecule has 2 aromatic rings. The highest BCUT2D eigenvalue weighted by Gasteiger charge is 2.12. The maximum atomic E-state index is 12.4. The van der Waals surface area contributed by atoms with E-state index in [-0.39, 0.29) is 4.88 Å². The zero-order valence-corrected chi connectivity index (χ0v) is 9.90. The van der Waals surface area contributed by atoms with E-state index in [1.165, 1.54) is 6.07 Å². The van der Waals surface area contributed by atoms with Crippen LogP contribution in [0.5, 0.6) is 0 Å². The van der Waals surface area contributed by atoms with Crippen LogP contribution in [0, 0.1) is 3.57 Å². The normalized spacial score (nSPS) is 11.4. The molecule has 0 aliphatic heterocycles. The first-order valence-corrected chi connectivity index (χ1v) is 5.74. The third kappa shape index (κ3) is 1.70. The van der Waals surface area contributed by atoms with Crippen LogP contribution in [0.4, 0.5) is 14.5 Å². The van der Waals surface area contributed by atoms with Gasteiger partial charge >= 0.3 is 0 Å². The molecule has 0 fully saturated rings. The number of halogens is 3. The molecule has 0 radical (unpaired) electrons. The molecule has 0 amide bonds. The fraction of sp³-hybridized carbons (Fsp3) is 0.111. The minimum absolute atomic E-state index is 0.0985. The molecule has 0 saturated carbocycles. The van der Waals surface area contributed by atoms with Crippen molar-refractivity contribution in [2.24, 2.45) is 0 Å².